The molecular weight excluding hydrogens is 501 g/mol. The average Bonchev–Trinajstić information content (AvgIpc) is 3.26. The highest BCUT2D eigenvalue weighted by atomic mass is 127. The van der Waals surface area contributed by atoms with Gasteiger partial charge in [0.2, 0.25) is 6.79 Å². The zero-order chi connectivity index (χ0) is 20.6. The molecule has 0 radical (unpaired) electrons. The lowest BCUT2D eigenvalue weighted by molar-refractivity contribution is 0.173. The average molecular weight is 525 g/mol. The fourth-order valence-corrected chi connectivity index (χ4v) is 4.98. The van der Waals surface area contributed by atoms with Gasteiger partial charge in [0.15, 0.2) is 22.5 Å². The second kappa shape index (κ2) is 8.19. The number of rotatable bonds is 6. The highest BCUT2D eigenvalue weighted by Gasteiger charge is 2.22. The molecule has 1 aliphatic heterocycles. The zero-order valence-corrected chi connectivity index (χ0v) is 19.6. The topological polar surface area (TPSA) is 87.2 Å². The van der Waals surface area contributed by atoms with Gasteiger partial charge in [0.1, 0.15) is 5.52 Å². The summed E-state index contributed by atoms with van der Waals surface area (Å²) in [6, 6.07) is 5.96. The number of hydrogen-bond donors (Lipinski definition) is 2. The maximum absolute atomic E-state index is 6.10. The summed E-state index contributed by atoms with van der Waals surface area (Å²) in [6.45, 7) is 9.52. The number of hydrogen-bond acceptors (Lipinski definition) is 7. The van der Waals surface area contributed by atoms with E-state index in [-0.39, 0.29) is 12.2 Å². The number of benzene rings is 1. The van der Waals surface area contributed by atoms with Crippen molar-refractivity contribution in [3.63, 3.8) is 0 Å². The fraction of sp³-hybridized carbons (Fsp3) is 0.400. The summed E-state index contributed by atoms with van der Waals surface area (Å²) in [5, 5.41) is 4.42. The van der Waals surface area contributed by atoms with Gasteiger partial charge in [-0.2, -0.15) is 0 Å². The number of nitrogens with zero attached hydrogens (tertiary/aromatic N) is 3. The van der Waals surface area contributed by atoms with E-state index in [9.17, 15) is 0 Å². The highest BCUT2D eigenvalue weighted by molar-refractivity contribution is 14.1. The van der Waals surface area contributed by atoms with Crippen molar-refractivity contribution in [3.05, 3.63) is 28.0 Å². The fourth-order valence-electron chi connectivity index (χ4n) is 3.10. The number of nitrogens with two attached hydrogens (primary N) is 1. The monoisotopic (exact) mass is 525 g/mol. The molecule has 0 bridgehead atoms. The Morgan fingerprint density at radius 3 is 2.90 bits per heavy atom. The van der Waals surface area contributed by atoms with Crippen molar-refractivity contribution in [2.75, 3.05) is 25.6 Å². The molecule has 3 aromatic rings. The van der Waals surface area contributed by atoms with Crippen LogP contribution in [-0.4, -0.2) is 34.4 Å². The summed E-state index contributed by atoms with van der Waals surface area (Å²) >= 11 is 3.90. The number of imidazole rings is 1. The van der Waals surface area contributed by atoms with Gasteiger partial charge in [0.05, 0.1) is 9.09 Å². The van der Waals surface area contributed by atoms with Crippen LogP contribution in [0.15, 0.2) is 34.4 Å². The van der Waals surface area contributed by atoms with Gasteiger partial charge in [-0.25, -0.2) is 9.97 Å². The SMILES string of the molecule is CC(C)(C)CNCCn1c(Sc2ccc3c(c2I)OCO3)nc2c(N)nccc21. The Labute approximate surface area is 187 Å². The van der Waals surface area contributed by atoms with Gasteiger partial charge in [-0.05, 0) is 46.2 Å². The summed E-state index contributed by atoms with van der Waals surface area (Å²) < 4.78 is 14.3. The molecule has 0 atom stereocenters. The van der Waals surface area contributed by atoms with E-state index in [1.165, 1.54) is 0 Å². The minimum absolute atomic E-state index is 0.242. The van der Waals surface area contributed by atoms with Gasteiger partial charge in [-0.3, -0.25) is 0 Å². The lowest BCUT2D eigenvalue weighted by atomic mass is 9.97. The first-order valence-corrected chi connectivity index (χ1v) is 11.3. The molecule has 3 heterocycles. The molecule has 0 fully saturated rings. The molecule has 0 saturated heterocycles. The van der Waals surface area contributed by atoms with E-state index < -0.39 is 0 Å². The van der Waals surface area contributed by atoms with Crippen molar-refractivity contribution in [1.82, 2.24) is 19.9 Å². The summed E-state index contributed by atoms with van der Waals surface area (Å²) in [5.74, 6) is 2.03. The molecule has 9 heteroatoms. The minimum atomic E-state index is 0.242. The number of ether oxygens (including phenoxy) is 2. The number of anilines is 1. The van der Waals surface area contributed by atoms with E-state index in [4.69, 9.17) is 20.2 Å². The van der Waals surface area contributed by atoms with Gasteiger partial charge in [0.25, 0.3) is 0 Å². The summed E-state index contributed by atoms with van der Waals surface area (Å²) in [6.07, 6.45) is 1.73. The molecule has 3 N–H and O–H groups in total. The largest absolute Gasteiger partial charge is 0.454 e. The first kappa shape index (κ1) is 20.5. The molecule has 7 nitrogen and oxygen atoms in total. The molecular formula is C20H24IN5O2S. The predicted octanol–water partition coefficient (Wildman–Crippen LogP) is 4.13. The van der Waals surface area contributed by atoms with Gasteiger partial charge >= 0.3 is 0 Å². The van der Waals surface area contributed by atoms with Crippen LogP contribution in [0.1, 0.15) is 20.8 Å². The Morgan fingerprint density at radius 2 is 2.10 bits per heavy atom. The first-order chi connectivity index (χ1) is 13.8. The van der Waals surface area contributed by atoms with E-state index >= 15 is 0 Å². The molecule has 4 rings (SSSR count). The summed E-state index contributed by atoms with van der Waals surface area (Å²) in [7, 11) is 0. The quantitative estimate of drug-likeness (QED) is 0.370. The van der Waals surface area contributed by atoms with E-state index in [1.54, 1.807) is 18.0 Å². The molecule has 0 amide bonds. The Balaban J connectivity index is 1.64. The molecule has 1 aromatic carbocycles. The number of fused-ring (bicyclic) bond motifs is 2. The normalized spacial score (nSPS) is 13.4. The highest BCUT2D eigenvalue weighted by Crippen LogP contribution is 2.43. The maximum atomic E-state index is 6.10. The molecule has 1 aliphatic rings. The molecule has 0 spiro atoms. The van der Waals surface area contributed by atoms with Gasteiger partial charge < -0.3 is 25.1 Å². The predicted molar refractivity (Wildman–Crippen MR) is 124 cm³/mol. The Bertz CT molecular complexity index is 1050. The third-order valence-corrected chi connectivity index (χ3v) is 6.96. The number of halogens is 1. The van der Waals surface area contributed by atoms with Crippen LogP contribution in [0.5, 0.6) is 11.5 Å². The molecule has 0 saturated carbocycles. The van der Waals surface area contributed by atoms with E-state index in [0.29, 0.717) is 5.82 Å². The molecule has 154 valence electrons. The van der Waals surface area contributed by atoms with Crippen LogP contribution in [0, 0.1) is 8.99 Å². The molecule has 2 aromatic heterocycles. The van der Waals surface area contributed by atoms with Crippen LogP contribution in [0.25, 0.3) is 11.0 Å². The Morgan fingerprint density at radius 1 is 1.28 bits per heavy atom. The number of nitrogens with one attached hydrogen (secondary N) is 1. The Hall–Kier alpha value is -1.72. The van der Waals surface area contributed by atoms with Crippen molar-refractivity contribution >= 4 is 51.2 Å². The minimum Gasteiger partial charge on any atom is -0.454 e. The second-order valence-corrected chi connectivity index (χ2v) is 10.1. The zero-order valence-electron chi connectivity index (χ0n) is 16.7. The van der Waals surface area contributed by atoms with E-state index in [0.717, 1.165) is 55.8 Å². The lowest BCUT2D eigenvalue weighted by Crippen LogP contribution is -2.29. The van der Waals surface area contributed by atoms with Crippen LogP contribution in [-0.2, 0) is 6.54 Å². The van der Waals surface area contributed by atoms with Gasteiger partial charge in [-0.15, -0.1) is 0 Å². The second-order valence-electron chi connectivity index (χ2n) is 8.06. The van der Waals surface area contributed by atoms with Crippen LogP contribution < -0.4 is 20.5 Å². The van der Waals surface area contributed by atoms with Crippen molar-refractivity contribution in [1.29, 1.82) is 0 Å². The van der Waals surface area contributed by atoms with Crippen molar-refractivity contribution < 1.29 is 9.47 Å². The number of nitrogen functional groups attached to an aromatic ring is 1. The van der Waals surface area contributed by atoms with Crippen molar-refractivity contribution in [2.45, 2.75) is 37.4 Å². The molecule has 0 unspecified atom stereocenters. The van der Waals surface area contributed by atoms with E-state index in [1.807, 2.05) is 18.2 Å². The summed E-state index contributed by atoms with van der Waals surface area (Å²) in [5.41, 5.74) is 8.07. The molecule has 0 aliphatic carbocycles. The third kappa shape index (κ3) is 4.41. The number of aromatic nitrogens is 3. The maximum Gasteiger partial charge on any atom is 0.231 e. The van der Waals surface area contributed by atoms with Gasteiger partial charge in [0, 0.05) is 30.7 Å². The third-order valence-electron chi connectivity index (χ3n) is 4.47. The van der Waals surface area contributed by atoms with Crippen LogP contribution in [0.4, 0.5) is 5.82 Å². The van der Waals surface area contributed by atoms with E-state index in [2.05, 4.69) is 58.2 Å². The van der Waals surface area contributed by atoms with Crippen LogP contribution in [0.3, 0.4) is 0 Å². The van der Waals surface area contributed by atoms with Gasteiger partial charge in [-0.1, -0.05) is 32.5 Å². The standard InChI is InChI=1S/C20H24IN5O2S/c1-20(2,3)10-23-8-9-26-12-6-7-24-18(22)16(12)25-19(26)29-14-5-4-13-17(15(14)21)28-11-27-13/h4-7,23H,8-11H2,1-3H3,(H2,22,24). The Kier molecular flexibility index (Phi) is 5.80. The van der Waals surface area contributed by atoms with Crippen LogP contribution >= 0.6 is 34.4 Å². The smallest absolute Gasteiger partial charge is 0.231 e. The molecule has 29 heavy (non-hydrogen) atoms. The van der Waals surface area contributed by atoms with Crippen molar-refractivity contribution in [2.24, 2.45) is 5.41 Å². The summed E-state index contributed by atoms with van der Waals surface area (Å²) in [4.78, 5) is 10.1. The van der Waals surface area contributed by atoms with Crippen LogP contribution in [0.2, 0.25) is 0 Å². The number of pyridine rings is 1. The van der Waals surface area contributed by atoms with Crippen molar-refractivity contribution in [3.8, 4) is 11.5 Å². The lowest BCUT2D eigenvalue weighted by Gasteiger charge is -2.19. The first-order valence-electron chi connectivity index (χ1n) is 9.41.